The summed E-state index contributed by atoms with van der Waals surface area (Å²) in [7, 11) is 0. The molecule has 134 valence electrons. The highest BCUT2D eigenvalue weighted by atomic mass is 32.1. The smallest absolute Gasteiger partial charge is 0.350 e. The molecule has 0 radical (unpaired) electrons. The van der Waals surface area contributed by atoms with Crippen molar-refractivity contribution in [2.24, 2.45) is 0 Å². The first-order valence-electron chi connectivity index (χ1n) is 8.33. The maximum absolute atomic E-state index is 13.1. The SMILES string of the molecule is CCOC(=O)c1sc(-c2ccc(F)cc2)nc1COC1CCCCO1. The van der Waals surface area contributed by atoms with E-state index < -0.39 is 5.97 Å². The van der Waals surface area contributed by atoms with Gasteiger partial charge in [0.1, 0.15) is 15.7 Å². The highest BCUT2D eigenvalue weighted by Crippen LogP contribution is 2.30. The summed E-state index contributed by atoms with van der Waals surface area (Å²) in [6, 6.07) is 6.01. The van der Waals surface area contributed by atoms with Gasteiger partial charge in [-0.15, -0.1) is 11.3 Å². The number of carbonyl (C=O) groups is 1. The van der Waals surface area contributed by atoms with Crippen LogP contribution in [0, 0.1) is 5.82 Å². The number of hydrogen-bond acceptors (Lipinski definition) is 6. The minimum Gasteiger partial charge on any atom is -0.462 e. The zero-order valence-corrected chi connectivity index (χ0v) is 14.8. The van der Waals surface area contributed by atoms with E-state index in [1.165, 1.54) is 23.5 Å². The van der Waals surface area contributed by atoms with Crippen molar-refractivity contribution in [2.45, 2.75) is 39.1 Å². The molecule has 3 rings (SSSR count). The van der Waals surface area contributed by atoms with Crippen LogP contribution in [0.15, 0.2) is 24.3 Å². The zero-order valence-electron chi connectivity index (χ0n) is 14.0. The number of thiazole rings is 1. The minimum atomic E-state index is -0.420. The van der Waals surface area contributed by atoms with E-state index in [9.17, 15) is 9.18 Å². The summed E-state index contributed by atoms with van der Waals surface area (Å²) in [5, 5.41) is 0.631. The zero-order chi connectivity index (χ0) is 17.6. The first-order chi connectivity index (χ1) is 12.2. The van der Waals surface area contributed by atoms with Gasteiger partial charge in [-0.05, 0) is 50.5 Å². The molecule has 2 heterocycles. The third kappa shape index (κ3) is 4.62. The summed E-state index contributed by atoms with van der Waals surface area (Å²) in [5.74, 6) is -0.736. The van der Waals surface area contributed by atoms with Gasteiger partial charge >= 0.3 is 5.97 Å². The molecule has 2 aromatic rings. The second-order valence-corrected chi connectivity index (χ2v) is 6.63. The van der Waals surface area contributed by atoms with Gasteiger partial charge in [0, 0.05) is 12.2 Å². The first-order valence-corrected chi connectivity index (χ1v) is 9.15. The van der Waals surface area contributed by atoms with Crippen LogP contribution in [-0.2, 0) is 20.8 Å². The van der Waals surface area contributed by atoms with Crippen LogP contribution >= 0.6 is 11.3 Å². The second kappa shape index (κ2) is 8.51. The predicted molar refractivity (Wildman–Crippen MR) is 91.8 cm³/mol. The van der Waals surface area contributed by atoms with Gasteiger partial charge < -0.3 is 14.2 Å². The Balaban J connectivity index is 1.80. The van der Waals surface area contributed by atoms with Crippen LogP contribution in [0.3, 0.4) is 0 Å². The van der Waals surface area contributed by atoms with Crippen molar-refractivity contribution in [1.29, 1.82) is 0 Å². The molecule has 1 atom stereocenters. The fourth-order valence-electron chi connectivity index (χ4n) is 2.54. The quantitative estimate of drug-likeness (QED) is 0.719. The highest BCUT2D eigenvalue weighted by Gasteiger charge is 2.22. The molecule has 1 saturated heterocycles. The van der Waals surface area contributed by atoms with Crippen LogP contribution < -0.4 is 0 Å². The van der Waals surface area contributed by atoms with Crippen molar-refractivity contribution in [1.82, 2.24) is 4.98 Å². The molecule has 1 aliphatic rings. The molecule has 0 N–H and O–H groups in total. The Labute approximate surface area is 149 Å². The lowest BCUT2D eigenvalue weighted by molar-refractivity contribution is -0.169. The number of aromatic nitrogens is 1. The van der Waals surface area contributed by atoms with Gasteiger partial charge in [0.05, 0.1) is 18.9 Å². The van der Waals surface area contributed by atoms with Crippen LogP contribution in [0.4, 0.5) is 4.39 Å². The average molecular weight is 365 g/mol. The van der Waals surface area contributed by atoms with E-state index in [0.717, 1.165) is 24.8 Å². The van der Waals surface area contributed by atoms with Gasteiger partial charge in [-0.25, -0.2) is 14.2 Å². The molecule has 0 amide bonds. The van der Waals surface area contributed by atoms with E-state index in [1.807, 2.05) is 0 Å². The average Bonchev–Trinajstić information content (AvgIpc) is 3.06. The molecule has 1 aromatic heterocycles. The van der Waals surface area contributed by atoms with E-state index in [2.05, 4.69) is 4.98 Å². The fraction of sp³-hybridized carbons (Fsp3) is 0.444. The molecule has 25 heavy (non-hydrogen) atoms. The molecular weight excluding hydrogens is 345 g/mol. The largest absolute Gasteiger partial charge is 0.462 e. The molecule has 0 bridgehead atoms. The summed E-state index contributed by atoms with van der Waals surface area (Å²) >= 11 is 1.22. The number of ether oxygens (including phenoxy) is 3. The summed E-state index contributed by atoms with van der Waals surface area (Å²) in [6.45, 7) is 2.91. The summed E-state index contributed by atoms with van der Waals surface area (Å²) in [4.78, 5) is 17.1. The Bertz CT molecular complexity index is 710. The number of esters is 1. The number of carbonyl (C=O) groups excluding carboxylic acids is 1. The molecule has 1 aliphatic heterocycles. The Morgan fingerprint density at radius 3 is 2.84 bits per heavy atom. The lowest BCUT2D eigenvalue weighted by Crippen LogP contribution is -2.22. The number of benzene rings is 1. The molecule has 1 aromatic carbocycles. The lowest BCUT2D eigenvalue weighted by Gasteiger charge is -2.22. The monoisotopic (exact) mass is 365 g/mol. The normalized spacial score (nSPS) is 17.4. The van der Waals surface area contributed by atoms with Gasteiger partial charge in [0.2, 0.25) is 0 Å². The highest BCUT2D eigenvalue weighted by molar-refractivity contribution is 7.17. The number of hydrogen-bond donors (Lipinski definition) is 0. The third-order valence-corrected chi connectivity index (χ3v) is 4.92. The molecule has 7 heteroatoms. The Morgan fingerprint density at radius 1 is 1.36 bits per heavy atom. The maximum Gasteiger partial charge on any atom is 0.350 e. The minimum absolute atomic E-state index is 0.177. The fourth-order valence-corrected chi connectivity index (χ4v) is 3.50. The third-order valence-electron chi connectivity index (χ3n) is 3.79. The van der Waals surface area contributed by atoms with Gasteiger partial charge in [-0.1, -0.05) is 0 Å². The maximum atomic E-state index is 13.1. The van der Waals surface area contributed by atoms with Gasteiger partial charge in [-0.2, -0.15) is 0 Å². The van der Waals surface area contributed by atoms with Crippen LogP contribution in [0.5, 0.6) is 0 Å². The molecule has 0 aliphatic carbocycles. The number of rotatable bonds is 6. The van der Waals surface area contributed by atoms with Crippen LogP contribution in [0.1, 0.15) is 41.6 Å². The van der Waals surface area contributed by atoms with E-state index >= 15 is 0 Å². The number of nitrogens with zero attached hydrogens (tertiary/aromatic N) is 1. The topological polar surface area (TPSA) is 57.7 Å². The Hall–Kier alpha value is -1.83. The van der Waals surface area contributed by atoms with Crippen molar-refractivity contribution in [3.63, 3.8) is 0 Å². The van der Waals surface area contributed by atoms with Gasteiger partial charge in [0.15, 0.2) is 6.29 Å². The van der Waals surface area contributed by atoms with Crippen molar-refractivity contribution in [3.05, 3.63) is 40.7 Å². The van der Waals surface area contributed by atoms with E-state index in [-0.39, 0.29) is 25.3 Å². The lowest BCUT2D eigenvalue weighted by atomic mass is 10.2. The van der Waals surface area contributed by atoms with Crippen LogP contribution in [0.25, 0.3) is 10.6 Å². The second-order valence-electron chi connectivity index (χ2n) is 5.63. The Morgan fingerprint density at radius 2 is 2.16 bits per heavy atom. The summed E-state index contributed by atoms with van der Waals surface area (Å²) in [5.41, 5.74) is 1.27. The van der Waals surface area contributed by atoms with E-state index in [1.54, 1.807) is 19.1 Å². The van der Waals surface area contributed by atoms with E-state index in [0.29, 0.717) is 22.2 Å². The number of halogens is 1. The molecule has 1 fully saturated rings. The Kier molecular flexibility index (Phi) is 6.12. The van der Waals surface area contributed by atoms with Crippen molar-refractivity contribution >= 4 is 17.3 Å². The van der Waals surface area contributed by atoms with Crippen LogP contribution in [0.2, 0.25) is 0 Å². The molecular formula is C18H20FNO4S. The van der Waals surface area contributed by atoms with Gasteiger partial charge in [0.25, 0.3) is 0 Å². The molecule has 5 nitrogen and oxygen atoms in total. The molecule has 1 unspecified atom stereocenters. The summed E-state index contributed by atoms with van der Waals surface area (Å²) in [6.07, 6.45) is 2.68. The molecule has 0 saturated carbocycles. The van der Waals surface area contributed by atoms with E-state index in [4.69, 9.17) is 14.2 Å². The summed E-state index contributed by atoms with van der Waals surface area (Å²) < 4.78 is 29.5. The first kappa shape index (κ1) is 18.0. The van der Waals surface area contributed by atoms with Gasteiger partial charge in [-0.3, -0.25) is 0 Å². The van der Waals surface area contributed by atoms with Crippen molar-refractivity contribution in [3.8, 4) is 10.6 Å². The van der Waals surface area contributed by atoms with Crippen LogP contribution in [-0.4, -0.2) is 30.5 Å². The molecule has 0 spiro atoms. The predicted octanol–water partition coefficient (Wildman–Crippen LogP) is 4.17. The van der Waals surface area contributed by atoms with Crippen molar-refractivity contribution < 1.29 is 23.4 Å². The van der Waals surface area contributed by atoms with Crippen molar-refractivity contribution in [2.75, 3.05) is 13.2 Å². The standard InChI is InChI=1S/C18H20FNO4S/c1-2-22-18(21)16-14(11-24-15-5-3-4-10-23-15)20-17(25-16)12-6-8-13(19)9-7-12/h6-9,15H,2-5,10-11H2,1H3.